The Kier molecular flexibility index (Phi) is 5.03. The topological polar surface area (TPSA) is 60.7 Å². The molecule has 0 aliphatic heterocycles. The minimum absolute atomic E-state index is 0.182. The fourth-order valence-corrected chi connectivity index (χ4v) is 3.06. The van der Waals surface area contributed by atoms with Gasteiger partial charge >= 0.3 is 0 Å². The lowest BCUT2D eigenvalue weighted by Gasteiger charge is -2.07. The summed E-state index contributed by atoms with van der Waals surface area (Å²) < 4.78 is 22.8. The van der Waals surface area contributed by atoms with E-state index in [1.807, 2.05) is 10.9 Å². The van der Waals surface area contributed by atoms with Gasteiger partial charge in [0.05, 0.1) is 18.4 Å². The second-order valence-electron chi connectivity index (χ2n) is 6.40. The molecule has 2 heterocycles. The number of aryl methyl sites for hydroxylation is 1. The highest BCUT2D eigenvalue weighted by Gasteiger charge is 2.11. The second kappa shape index (κ2) is 7.77. The van der Waals surface area contributed by atoms with Crippen LogP contribution in [-0.2, 0) is 13.2 Å². The van der Waals surface area contributed by atoms with Crippen molar-refractivity contribution < 1.29 is 9.13 Å². The minimum atomic E-state index is -0.309. The lowest BCUT2D eigenvalue weighted by atomic mass is 10.1. The fraction of sp³-hybridized carbons (Fsp3) is 0.150. The van der Waals surface area contributed by atoms with E-state index in [0.717, 1.165) is 11.3 Å². The fourth-order valence-electron chi connectivity index (χ4n) is 2.81. The summed E-state index contributed by atoms with van der Waals surface area (Å²) >= 11 is 5.36. The molecule has 6 nitrogen and oxygen atoms in total. The van der Waals surface area contributed by atoms with Crippen LogP contribution in [0.1, 0.15) is 17.0 Å². The van der Waals surface area contributed by atoms with Gasteiger partial charge in [0.2, 0.25) is 0 Å². The maximum Gasteiger partial charge on any atom is 0.200 e. The number of hydrogen-bond acceptors (Lipinski definition) is 4. The quantitative estimate of drug-likeness (QED) is 0.497. The van der Waals surface area contributed by atoms with Gasteiger partial charge in [0.1, 0.15) is 18.2 Å². The predicted molar refractivity (Wildman–Crippen MR) is 106 cm³/mol. The van der Waals surface area contributed by atoms with Crippen LogP contribution in [0.15, 0.2) is 60.9 Å². The van der Waals surface area contributed by atoms with Crippen molar-refractivity contribution in [1.82, 2.24) is 24.5 Å². The zero-order valence-electron chi connectivity index (χ0n) is 15.2. The summed E-state index contributed by atoms with van der Waals surface area (Å²) in [4.78, 5) is 0. The average Bonchev–Trinajstić information content (AvgIpc) is 3.29. The van der Waals surface area contributed by atoms with Crippen molar-refractivity contribution in [2.45, 2.75) is 20.1 Å². The first kappa shape index (κ1) is 18.1. The summed E-state index contributed by atoms with van der Waals surface area (Å²) in [5.41, 5.74) is 3.18. The van der Waals surface area contributed by atoms with Gasteiger partial charge in [-0.25, -0.2) is 4.39 Å². The smallest absolute Gasteiger partial charge is 0.200 e. The van der Waals surface area contributed by atoms with E-state index in [1.54, 1.807) is 22.9 Å². The van der Waals surface area contributed by atoms with Gasteiger partial charge in [-0.05, 0) is 49.0 Å². The van der Waals surface area contributed by atoms with Crippen molar-refractivity contribution in [2.24, 2.45) is 0 Å². The molecule has 0 radical (unpaired) electrons. The van der Waals surface area contributed by atoms with E-state index in [9.17, 15) is 4.39 Å². The van der Waals surface area contributed by atoms with E-state index >= 15 is 0 Å². The normalized spacial score (nSPS) is 10.9. The zero-order valence-corrected chi connectivity index (χ0v) is 16.0. The Bertz CT molecular complexity index is 1130. The highest BCUT2D eigenvalue weighted by Crippen LogP contribution is 2.16. The van der Waals surface area contributed by atoms with Crippen LogP contribution >= 0.6 is 12.2 Å². The first-order valence-electron chi connectivity index (χ1n) is 8.71. The Balaban J connectivity index is 1.52. The SMILES string of the molecule is Cc1ccc(Cn2cc(-n3c(COc4ccc(F)cc4)n[nH]c3=S)cn2)cc1. The molecule has 142 valence electrons. The molecule has 0 fully saturated rings. The molecular formula is C20H18FN5OS. The van der Waals surface area contributed by atoms with Crippen LogP contribution in [0.3, 0.4) is 0 Å². The Morgan fingerprint density at radius 3 is 2.61 bits per heavy atom. The Morgan fingerprint density at radius 1 is 1.11 bits per heavy atom. The zero-order chi connectivity index (χ0) is 19.5. The molecule has 8 heteroatoms. The predicted octanol–water partition coefficient (Wildman–Crippen LogP) is 4.20. The molecule has 0 spiro atoms. The van der Waals surface area contributed by atoms with Crippen molar-refractivity contribution in [3.05, 3.63) is 88.5 Å². The molecule has 0 unspecified atom stereocenters. The first-order valence-corrected chi connectivity index (χ1v) is 9.12. The van der Waals surface area contributed by atoms with Crippen LogP contribution in [-0.4, -0.2) is 24.5 Å². The lowest BCUT2D eigenvalue weighted by Crippen LogP contribution is -2.05. The molecule has 4 aromatic rings. The Labute approximate surface area is 166 Å². The third-order valence-corrected chi connectivity index (χ3v) is 4.54. The van der Waals surface area contributed by atoms with E-state index < -0.39 is 0 Å². The van der Waals surface area contributed by atoms with Gasteiger partial charge in [-0.3, -0.25) is 14.3 Å². The molecule has 4 rings (SSSR count). The Morgan fingerprint density at radius 2 is 1.86 bits per heavy atom. The van der Waals surface area contributed by atoms with Crippen molar-refractivity contribution in [3.63, 3.8) is 0 Å². The van der Waals surface area contributed by atoms with Gasteiger partial charge < -0.3 is 4.74 Å². The van der Waals surface area contributed by atoms with Crippen LogP contribution < -0.4 is 4.74 Å². The molecule has 2 aromatic carbocycles. The molecule has 0 amide bonds. The summed E-state index contributed by atoms with van der Waals surface area (Å²) in [5.74, 6) is 0.845. The largest absolute Gasteiger partial charge is 0.486 e. The van der Waals surface area contributed by atoms with Crippen molar-refractivity contribution in [2.75, 3.05) is 0 Å². The monoisotopic (exact) mass is 395 g/mol. The van der Waals surface area contributed by atoms with Crippen LogP contribution in [0.2, 0.25) is 0 Å². The molecule has 0 aliphatic rings. The van der Waals surface area contributed by atoms with E-state index in [0.29, 0.717) is 22.9 Å². The molecule has 2 aromatic heterocycles. The minimum Gasteiger partial charge on any atom is -0.486 e. The third-order valence-electron chi connectivity index (χ3n) is 4.27. The van der Waals surface area contributed by atoms with Crippen LogP contribution in [0.4, 0.5) is 4.39 Å². The molecule has 1 N–H and O–H groups in total. The number of hydrogen-bond donors (Lipinski definition) is 1. The highest BCUT2D eigenvalue weighted by atomic mass is 32.1. The molecule has 0 bridgehead atoms. The third kappa shape index (κ3) is 4.01. The number of rotatable bonds is 6. The summed E-state index contributed by atoms with van der Waals surface area (Å²) in [6.07, 6.45) is 3.65. The summed E-state index contributed by atoms with van der Waals surface area (Å²) in [6, 6.07) is 14.2. The number of benzene rings is 2. The van der Waals surface area contributed by atoms with Gasteiger partial charge in [-0.1, -0.05) is 29.8 Å². The van der Waals surface area contributed by atoms with Crippen molar-refractivity contribution >= 4 is 12.2 Å². The van der Waals surface area contributed by atoms with E-state index in [2.05, 4.69) is 46.5 Å². The first-order chi connectivity index (χ1) is 13.6. The van der Waals surface area contributed by atoms with E-state index in [-0.39, 0.29) is 12.4 Å². The second-order valence-corrected chi connectivity index (χ2v) is 6.79. The molecule has 0 aliphatic carbocycles. The lowest BCUT2D eigenvalue weighted by molar-refractivity contribution is 0.293. The molecule has 0 atom stereocenters. The van der Waals surface area contributed by atoms with Crippen molar-refractivity contribution in [1.29, 1.82) is 0 Å². The van der Waals surface area contributed by atoms with E-state index in [1.165, 1.54) is 17.7 Å². The number of aromatic amines is 1. The number of nitrogens with one attached hydrogen (secondary N) is 1. The molecule has 0 saturated carbocycles. The number of halogens is 1. The summed E-state index contributed by atoms with van der Waals surface area (Å²) in [6.45, 7) is 2.90. The van der Waals surface area contributed by atoms with Gasteiger partial charge in [-0.2, -0.15) is 10.2 Å². The Hall–Kier alpha value is -3.26. The number of H-pyrrole nitrogens is 1. The molecule has 0 saturated heterocycles. The van der Waals surface area contributed by atoms with E-state index in [4.69, 9.17) is 17.0 Å². The molecule has 28 heavy (non-hydrogen) atoms. The van der Waals surface area contributed by atoms with Crippen molar-refractivity contribution in [3.8, 4) is 11.4 Å². The van der Waals surface area contributed by atoms with Gasteiger partial charge in [0, 0.05) is 6.20 Å². The maximum atomic E-state index is 13.0. The van der Waals surface area contributed by atoms with Gasteiger partial charge in [0.25, 0.3) is 0 Å². The average molecular weight is 395 g/mol. The maximum absolute atomic E-state index is 13.0. The van der Waals surface area contributed by atoms with Crippen LogP contribution in [0.5, 0.6) is 5.75 Å². The standard InChI is InChI=1S/C20H18FN5OS/c1-14-2-4-15(5-3-14)11-25-12-17(10-22-25)26-19(23-24-20(26)28)13-27-18-8-6-16(21)7-9-18/h2-10,12H,11,13H2,1H3,(H,24,28). The van der Waals surface area contributed by atoms with Crippen LogP contribution in [0, 0.1) is 17.5 Å². The summed E-state index contributed by atoms with van der Waals surface area (Å²) in [7, 11) is 0. The van der Waals surface area contributed by atoms with Gasteiger partial charge in [0.15, 0.2) is 10.6 Å². The van der Waals surface area contributed by atoms with Gasteiger partial charge in [-0.15, -0.1) is 0 Å². The number of aromatic nitrogens is 5. The summed E-state index contributed by atoms with van der Waals surface area (Å²) in [5, 5.41) is 11.4. The molecular weight excluding hydrogens is 377 g/mol. The van der Waals surface area contributed by atoms with Crippen LogP contribution in [0.25, 0.3) is 5.69 Å². The number of nitrogens with zero attached hydrogens (tertiary/aromatic N) is 4. The number of ether oxygens (including phenoxy) is 1. The highest BCUT2D eigenvalue weighted by molar-refractivity contribution is 7.71.